The molecule has 0 radical (unpaired) electrons. The summed E-state index contributed by atoms with van der Waals surface area (Å²) >= 11 is 1.65. The number of carbonyl (C=O) groups excluding carboxylic acids is 1. The second-order valence-corrected chi connectivity index (χ2v) is 8.25. The molecule has 1 amide bonds. The standard InChI is InChI=1S/C23H23FN4O2S/c1-4-27(13-16-7-8-21(30-3)20(24)11-16)23(29)18-10-15(2)26-22-19(18)12-25-28(22)14-17-6-5-9-31-17/h5-12H,4,13-14H2,1-3H3. The number of thiophene rings is 1. The van der Waals surface area contributed by atoms with Crippen molar-refractivity contribution in [3.8, 4) is 5.75 Å². The highest BCUT2D eigenvalue weighted by Crippen LogP contribution is 2.23. The predicted molar refractivity (Wildman–Crippen MR) is 119 cm³/mol. The normalized spacial score (nSPS) is 11.1. The maximum absolute atomic E-state index is 14.1. The first kappa shape index (κ1) is 21.0. The average Bonchev–Trinajstić information content (AvgIpc) is 3.42. The van der Waals surface area contributed by atoms with E-state index in [1.54, 1.807) is 40.6 Å². The van der Waals surface area contributed by atoms with Crippen LogP contribution in [0.4, 0.5) is 4.39 Å². The highest BCUT2D eigenvalue weighted by Gasteiger charge is 2.21. The Morgan fingerprint density at radius 1 is 1.29 bits per heavy atom. The largest absolute Gasteiger partial charge is 0.494 e. The topological polar surface area (TPSA) is 60.2 Å². The Morgan fingerprint density at radius 3 is 2.81 bits per heavy atom. The number of aromatic nitrogens is 3. The van der Waals surface area contributed by atoms with Gasteiger partial charge in [-0.2, -0.15) is 5.10 Å². The third-order valence-electron chi connectivity index (χ3n) is 5.11. The Morgan fingerprint density at radius 2 is 2.13 bits per heavy atom. The van der Waals surface area contributed by atoms with E-state index in [1.165, 1.54) is 13.2 Å². The van der Waals surface area contributed by atoms with E-state index in [1.807, 2.05) is 36.0 Å². The monoisotopic (exact) mass is 438 g/mol. The van der Waals surface area contributed by atoms with Crippen LogP contribution in [-0.2, 0) is 13.1 Å². The fourth-order valence-electron chi connectivity index (χ4n) is 3.54. The molecule has 0 spiro atoms. The zero-order valence-corrected chi connectivity index (χ0v) is 18.4. The Hall–Kier alpha value is -3.26. The van der Waals surface area contributed by atoms with Gasteiger partial charge in [0.15, 0.2) is 17.2 Å². The van der Waals surface area contributed by atoms with Crippen LogP contribution in [0.25, 0.3) is 11.0 Å². The Kier molecular flexibility index (Phi) is 5.99. The van der Waals surface area contributed by atoms with Gasteiger partial charge in [0, 0.05) is 23.7 Å². The van der Waals surface area contributed by atoms with Gasteiger partial charge in [-0.05, 0) is 49.1 Å². The van der Waals surface area contributed by atoms with E-state index >= 15 is 0 Å². The summed E-state index contributed by atoms with van der Waals surface area (Å²) in [6.07, 6.45) is 1.70. The second-order valence-electron chi connectivity index (χ2n) is 7.22. The van der Waals surface area contributed by atoms with Crippen LogP contribution in [0.5, 0.6) is 5.75 Å². The first-order chi connectivity index (χ1) is 15.0. The molecule has 160 valence electrons. The van der Waals surface area contributed by atoms with Crippen molar-refractivity contribution in [3.63, 3.8) is 0 Å². The smallest absolute Gasteiger partial charge is 0.255 e. The molecule has 0 aliphatic carbocycles. The van der Waals surface area contributed by atoms with Crippen LogP contribution in [0, 0.1) is 12.7 Å². The lowest BCUT2D eigenvalue weighted by Gasteiger charge is -2.22. The van der Waals surface area contributed by atoms with Crippen molar-refractivity contribution in [2.75, 3.05) is 13.7 Å². The third-order valence-corrected chi connectivity index (χ3v) is 5.97. The van der Waals surface area contributed by atoms with Crippen molar-refractivity contribution in [1.29, 1.82) is 0 Å². The number of aryl methyl sites for hydroxylation is 1. The highest BCUT2D eigenvalue weighted by atomic mass is 32.1. The maximum Gasteiger partial charge on any atom is 0.255 e. The van der Waals surface area contributed by atoms with E-state index in [0.717, 1.165) is 10.6 Å². The number of carbonyl (C=O) groups is 1. The van der Waals surface area contributed by atoms with Gasteiger partial charge in [0.05, 0.1) is 30.8 Å². The van der Waals surface area contributed by atoms with Gasteiger partial charge in [-0.25, -0.2) is 14.1 Å². The molecular weight excluding hydrogens is 415 g/mol. The first-order valence-electron chi connectivity index (χ1n) is 9.97. The SMILES string of the molecule is CCN(Cc1ccc(OC)c(F)c1)C(=O)c1cc(C)nc2c1cnn2Cc1cccs1. The van der Waals surface area contributed by atoms with Crippen molar-refractivity contribution < 1.29 is 13.9 Å². The number of hydrogen-bond acceptors (Lipinski definition) is 5. The van der Waals surface area contributed by atoms with Crippen molar-refractivity contribution in [3.05, 3.63) is 75.5 Å². The Bertz CT molecular complexity index is 1220. The first-order valence-corrected chi connectivity index (χ1v) is 10.8. The van der Waals surface area contributed by atoms with Crippen LogP contribution in [0.15, 0.2) is 48.0 Å². The van der Waals surface area contributed by atoms with Gasteiger partial charge in [0.1, 0.15) is 0 Å². The molecule has 0 aliphatic heterocycles. The molecule has 0 N–H and O–H groups in total. The summed E-state index contributed by atoms with van der Waals surface area (Å²) in [5, 5.41) is 7.22. The second kappa shape index (κ2) is 8.85. The molecule has 0 unspecified atom stereocenters. The summed E-state index contributed by atoms with van der Waals surface area (Å²) < 4.78 is 20.9. The van der Waals surface area contributed by atoms with E-state index in [9.17, 15) is 9.18 Å². The molecule has 3 aromatic heterocycles. The minimum absolute atomic E-state index is 0.134. The van der Waals surface area contributed by atoms with E-state index in [4.69, 9.17) is 4.74 Å². The zero-order chi connectivity index (χ0) is 22.0. The highest BCUT2D eigenvalue weighted by molar-refractivity contribution is 7.09. The number of amides is 1. The number of pyridine rings is 1. The van der Waals surface area contributed by atoms with E-state index in [0.29, 0.717) is 41.8 Å². The molecule has 3 heterocycles. The number of ether oxygens (including phenoxy) is 1. The number of nitrogens with zero attached hydrogens (tertiary/aromatic N) is 4. The molecule has 4 aromatic rings. The van der Waals surface area contributed by atoms with E-state index in [2.05, 4.69) is 10.1 Å². The van der Waals surface area contributed by atoms with E-state index in [-0.39, 0.29) is 11.7 Å². The summed E-state index contributed by atoms with van der Waals surface area (Å²) in [6.45, 7) is 5.16. The van der Waals surface area contributed by atoms with Crippen molar-refractivity contribution in [2.24, 2.45) is 0 Å². The third kappa shape index (κ3) is 4.29. The summed E-state index contributed by atoms with van der Waals surface area (Å²) in [6, 6.07) is 10.6. The zero-order valence-electron chi connectivity index (χ0n) is 17.6. The minimum atomic E-state index is -0.444. The average molecular weight is 439 g/mol. The predicted octanol–water partition coefficient (Wildman–Crippen LogP) is 4.66. The fraction of sp³-hybridized carbons (Fsp3) is 0.261. The number of rotatable bonds is 7. The lowest BCUT2D eigenvalue weighted by molar-refractivity contribution is 0.0754. The van der Waals surface area contributed by atoms with Gasteiger partial charge in [0.2, 0.25) is 0 Å². The summed E-state index contributed by atoms with van der Waals surface area (Å²) in [7, 11) is 1.43. The van der Waals surface area contributed by atoms with Gasteiger partial charge in [-0.3, -0.25) is 4.79 Å². The molecule has 6 nitrogen and oxygen atoms in total. The Balaban J connectivity index is 1.65. The number of hydrogen-bond donors (Lipinski definition) is 0. The summed E-state index contributed by atoms with van der Waals surface area (Å²) in [4.78, 5) is 20.9. The van der Waals surface area contributed by atoms with Gasteiger partial charge >= 0.3 is 0 Å². The molecular formula is C23H23FN4O2S. The molecule has 4 rings (SSSR count). The minimum Gasteiger partial charge on any atom is -0.494 e. The summed E-state index contributed by atoms with van der Waals surface area (Å²) in [5.74, 6) is -0.395. The van der Waals surface area contributed by atoms with Crippen LogP contribution in [0.3, 0.4) is 0 Å². The molecule has 8 heteroatoms. The van der Waals surface area contributed by atoms with Gasteiger partial charge < -0.3 is 9.64 Å². The quantitative estimate of drug-likeness (QED) is 0.421. The lowest BCUT2D eigenvalue weighted by Crippen LogP contribution is -2.30. The molecule has 0 aliphatic rings. The molecule has 0 saturated carbocycles. The van der Waals surface area contributed by atoms with Crippen LogP contribution in [0.1, 0.15) is 33.4 Å². The number of halogens is 1. The van der Waals surface area contributed by atoms with Gasteiger partial charge in [-0.15, -0.1) is 11.3 Å². The molecule has 0 fully saturated rings. The fourth-order valence-corrected chi connectivity index (χ4v) is 4.23. The van der Waals surface area contributed by atoms with Gasteiger partial charge in [0.25, 0.3) is 5.91 Å². The molecule has 31 heavy (non-hydrogen) atoms. The molecule has 0 saturated heterocycles. The van der Waals surface area contributed by atoms with Crippen molar-refractivity contribution in [1.82, 2.24) is 19.7 Å². The van der Waals surface area contributed by atoms with Crippen LogP contribution in [-0.4, -0.2) is 39.2 Å². The number of fused-ring (bicyclic) bond motifs is 1. The van der Waals surface area contributed by atoms with Crippen LogP contribution < -0.4 is 4.74 Å². The number of methoxy groups -OCH3 is 1. The molecule has 1 aromatic carbocycles. The van der Waals surface area contributed by atoms with Gasteiger partial charge in [-0.1, -0.05) is 12.1 Å². The van der Waals surface area contributed by atoms with Crippen molar-refractivity contribution >= 4 is 28.3 Å². The van der Waals surface area contributed by atoms with Crippen LogP contribution >= 0.6 is 11.3 Å². The van der Waals surface area contributed by atoms with E-state index < -0.39 is 5.82 Å². The van der Waals surface area contributed by atoms with Crippen LogP contribution in [0.2, 0.25) is 0 Å². The number of benzene rings is 1. The Labute approximate surface area is 183 Å². The molecule has 0 atom stereocenters. The van der Waals surface area contributed by atoms with Crippen molar-refractivity contribution in [2.45, 2.75) is 26.9 Å². The summed E-state index contributed by atoms with van der Waals surface area (Å²) in [5.41, 5.74) is 2.68. The molecule has 0 bridgehead atoms. The maximum atomic E-state index is 14.1. The lowest BCUT2D eigenvalue weighted by atomic mass is 10.1.